The number of aryl methyl sites for hydroxylation is 2. The number of carbonyl (C=O) groups excluding carboxylic acids is 1. The number of hydrogen-bond donors (Lipinski definition) is 1. The summed E-state index contributed by atoms with van der Waals surface area (Å²) < 4.78 is 4.81. The number of benzene rings is 2. The first-order valence-corrected chi connectivity index (χ1v) is 11.0. The van der Waals surface area contributed by atoms with Gasteiger partial charge in [-0.25, -0.2) is 14.3 Å². The number of rotatable bonds is 6. The lowest BCUT2D eigenvalue weighted by Gasteiger charge is -2.13. The summed E-state index contributed by atoms with van der Waals surface area (Å²) in [6.45, 7) is 4.17. The minimum atomic E-state index is -0.578. The molecule has 2 aromatic carbocycles. The monoisotopic (exact) mass is 495 g/mol. The summed E-state index contributed by atoms with van der Waals surface area (Å²) in [5.74, 6) is -0.470. The first-order valence-electron chi connectivity index (χ1n) is 10.2. The Morgan fingerprint density at radius 1 is 1.09 bits per heavy atom. The summed E-state index contributed by atoms with van der Waals surface area (Å²) in [5, 5.41) is 2.76. The van der Waals surface area contributed by atoms with Gasteiger partial charge in [-0.15, -0.1) is 0 Å². The topological polar surface area (TPSA) is 90.9 Å². The van der Waals surface area contributed by atoms with E-state index >= 15 is 0 Å². The lowest BCUT2D eigenvalue weighted by molar-refractivity contribution is -0.116. The van der Waals surface area contributed by atoms with Gasteiger partial charge in [0, 0.05) is 11.0 Å². The van der Waals surface area contributed by atoms with Crippen LogP contribution in [0.15, 0.2) is 68.9 Å². The minimum absolute atomic E-state index is 0.238. The minimum Gasteiger partial charge on any atom is -0.325 e. The van der Waals surface area contributed by atoms with Crippen molar-refractivity contribution in [3.05, 3.63) is 91.3 Å². The standard InChI is InChI=1S/C23H22BrN5O3/c1-3-27-14-25-21-20(27)22(31)29(23(32)28(21)12-16-7-5-4-6-8-16)13-19(30)26-18-10-9-15(2)11-17(18)24/h4-11,14H,3,12-13H2,1-2H3,(H,26,30). The van der Waals surface area contributed by atoms with E-state index in [-0.39, 0.29) is 6.54 Å². The maximum Gasteiger partial charge on any atom is 0.333 e. The molecule has 0 saturated carbocycles. The van der Waals surface area contributed by atoms with Gasteiger partial charge in [-0.1, -0.05) is 36.4 Å². The molecule has 32 heavy (non-hydrogen) atoms. The second kappa shape index (κ2) is 8.96. The van der Waals surface area contributed by atoms with Crippen molar-refractivity contribution in [1.82, 2.24) is 18.7 Å². The van der Waals surface area contributed by atoms with Crippen molar-refractivity contribution < 1.29 is 4.79 Å². The van der Waals surface area contributed by atoms with Crippen molar-refractivity contribution in [1.29, 1.82) is 0 Å². The number of amides is 1. The Kier molecular flexibility index (Phi) is 6.09. The summed E-state index contributed by atoms with van der Waals surface area (Å²) in [6.07, 6.45) is 1.54. The van der Waals surface area contributed by atoms with Gasteiger partial charge in [-0.05, 0) is 53.0 Å². The lowest BCUT2D eigenvalue weighted by Crippen LogP contribution is -2.43. The molecule has 0 atom stereocenters. The van der Waals surface area contributed by atoms with Gasteiger partial charge in [0.1, 0.15) is 6.54 Å². The number of imidazole rings is 1. The Bertz CT molecular complexity index is 1420. The van der Waals surface area contributed by atoms with Crippen molar-refractivity contribution in [3.8, 4) is 0 Å². The van der Waals surface area contributed by atoms with Gasteiger partial charge < -0.3 is 9.88 Å². The maximum absolute atomic E-state index is 13.3. The highest BCUT2D eigenvalue weighted by molar-refractivity contribution is 9.10. The zero-order chi connectivity index (χ0) is 22.8. The van der Waals surface area contributed by atoms with E-state index in [1.807, 2.05) is 56.3 Å². The third-order valence-corrected chi connectivity index (χ3v) is 5.86. The molecular weight excluding hydrogens is 474 g/mol. The second-order valence-electron chi connectivity index (χ2n) is 7.48. The average molecular weight is 496 g/mol. The summed E-state index contributed by atoms with van der Waals surface area (Å²) in [5.41, 5.74) is 1.99. The number of nitrogens with zero attached hydrogens (tertiary/aromatic N) is 4. The molecule has 1 amide bonds. The van der Waals surface area contributed by atoms with Crippen LogP contribution in [0.25, 0.3) is 11.2 Å². The number of aromatic nitrogens is 4. The zero-order valence-electron chi connectivity index (χ0n) is 17.7. The molecule has 0 aliphatic carbocycles. The summed E-state index contributed by atoms with van der Waals surface area (Å²) >= 11 is 3.42. The van der Waals surface area contributed by atoms with E-state index in [0.29, 0.717) is 23.4 Å². The van der Waals surface area contributed by atoms with Crippen LogP contribution < -0.4 is 16.6 Å². The molecule has 164 valence electrons. The normalized spacial score (nSPS) is 11.1. The van der Waals surface area contributed by atoms with Gasteiger partial charge in [0.15, 0.2) is 11.2 Å². The third-order valence-electron chi connectivity index (χ3n) is 5.21. The van der Waals surface area contributed by atoms with E-state index in [9.17, 15) is 14.4 Å². The molecule has 0 spiro atoms. The molecule has 4 rings (SSSR count). The van der Waals surface area contributed by atoms with E-state index in [4.69, 9.17) is 0 Å². The predicted octanol–water partition coefficient (Wildman–Crippen LogP) is 3.14. The predicted molar refractivity (Wildman–Crippen MR) is 127 cm³/mol. The first kappa shape index (κ1) is 21.8. The van der Waals surface area contributed by atoms with Crippen molar-refractivity contribution in [2.75, 3.05) is 5.32 Å². The van der Waals surface area contributed by atoms with Gasteiger partial charge in [-0.3, -0.25) is 14.2 Å². The molecule has 0 aliphatic rings. The van der Waals surface area contributed by atoms with Gasteiger partial charge >= 0.3 is 5.69 Å². The fourth-order valence-corrected chi connectivity index (χ4v) is 4.17. The number of fused-ring (bicyclic) bond motifs is 1. The highest BCUT2D eigenvalue weighted by Gasteiger charge is 2.20. The third kappa shape index (κ3) is 4.16. The van der Waals surface area contributed by atoms with Gasteiger partial charge in [0.25, 0.3) is 5.56 Å². The van der Waals surface area contributed by atoms with Crippen molar-refractivity contribution in [2.24, 2.45) is 0 Å². The quantitative estimate of drug-likeness (QED) is 0.444. The van der Waals surface area contributed by atoms with Crippen LogP contribution in [0, 0.1) is 6.92 Å². The smallest absolute Gasteiger partial charge is 0.325 e. The van der Waals surface area contributed by atoms with E-state index < -0.39 is 23.7 Å². The van der Waals surface area contributed by atoms with Crippen molar-refractivity contribution in [2.45, 2.75) is 33.5 Å². The molecule has 0 unspecified atom stereocenters. The average Bonchev–Trinajstić information content (AvgIpc) is 3.21. The van der Waals surface area contributed by atoms with Crippen LogP contribution in [0.5, 0.6) is 0 Å². The van der Waals surface area contributed by atoms with Crippen LogP contribution in [0.3, 0.4) is 0 Å². The molecule has 2 heterocycles. The van der Waals surface area contributed by atoms with Gasteiger partial charge in [0.05, 0.1) is 18.6 Å². The molecule has 2 aromatic heterocycles. The second-order valence-corrected chi connectivity index (χ2v) is 8.33. The molecule has 0 radical (unpaired) electrons. The highest BCUT2D eigenvalue weighted by atomic mass is 79.9. The Labute approximate surface area is 192 Å². The van der Waals surface area contributed by atoms with E-state index in [1.165, 1.54) is 4.57 Å². The number of nitrogens with one attached hydrogen (secondary N) is 1. The van der Waals surface area contributed by atoms with Gasteiger partial charge in [-0.2, -0.15) is 0 Å². The van der Waals surface area contributed by atoms with Crippen LogP contribution in [-0.2, 0) is 24.4 Å². The number of hydrogen-bond acceptors (Lipinski definition) is 4. The number of anilines is 1. The molecule has 8 nitrogen and oxygen atoms in total. The summed E-state index contributed by atoms with van der Waals surface area (Å²) in [6, 6.07) is 14.9. The van der Waals surface area contributed by atoms with E-state index in [0.717, 1.165) is 20.2 Å². The van der Waals surface area contributed by atoms with Crippen molar-refractivity contribution >= 4 is 38.7 Å². The van der Waals surface area contributed by atoms with Gasteiger partial charge in [0.2, 0.25) is 5.91 Å². The molecule has 9 heteroatoms. The molecular formula is C23H22BrN5O3. The number of halogens is 1. The molecule has 0 aliphatic heterocycles. The molecule has 1 N–H and O–H groups in total. The fraction of sp³-hybridized carbons (Fsp3) is 0.217. The summed E-state index contributed by atoms with van der Waals surface area (Å²) in [4.78, 5) is 43.6. The van der Waals surface area contributed by atoms with E-state index in [1.54, 1.807) is 17.0 Å². The Hall–Kier alpha value is -3.46. The SMILES string of the molecule is CCn1cnc2c1c(=O)n(CC(=O)Nc1ccc(C)cc1Br)c(=O)n2Cc1ccccc1. The molecule has 0 bridgehead atoms. The maximum atomic E-state index is 13.3. The lowest BCUT2D eigenvalue weighted by atomic mass is 10.2. The Balaban J connectivity index is 1.77. The Morgan fingerprint density at radius 3 is 2.53 bits per heavy atom. The molecule has 4 aromatic rings. The van der Waals surface area contributed by atoms with Crippen LogP contribution in [0.4, 0.5) is 5.69 Å². The number of carbonyl (C=O) groups is 1. The van der Waals surface area contributed by atoms with Crippen LogP contribution >= 0.6 is 15.9 Å². The first-order chi connectivity index (χ1) is 15.4. The van der Waals surface area contributed by atoms with Crippen LogP contribution in [-0.4, -0.2) is 24.6 Å². The Morgan fingerprint density at radius 2 is 1.84 bits per heavy atom. The zero-order valence-corrected chi connectivity index (χ0v) is 19.3. The molecule has 0 saturated heterocycles. The van der Waals surface area contributed by atoms with Crippen molar-refractivity contribution in [3.63, 3.8) is 0 Å². The van der Waals surface area contributed by atoms with Crippen LogP contribution in [0.2, 0.25) is 0 Å². The largest absolute Gasteiger partial charge is 0.333 e. The van der Waals surface area contributed by atoms with E-state index in [2.05, 4.69) is 26.2 Å². The highest BCUT2D eigenvalue weighted by Crippen LogP contribution is 2.23. The fourth-order valence-electron chi connectivity index (χ4n) is 3.58. The van der Waals surface area contributed by atoms with Crippen LogP contribution in [0.1, 0.15) is 18.1 Å². The summed E-state index contributed by atoms with van der Waals surface area (Å²) in [7, 11) is 0. The molecule has 0 fully saturated rings.